The van der Waals surface area contributed by atoms with Crippen LogP contribution in [0.2, 0.25) is 0 Å². The number of likely N-dealkylation sites (tertiary alicyclic amines) is 1. The van der Waals surface area contributed by atoms with Gasteiger partial charge in [0, 0.05) is 26.4 Å². The van der Waals surface area contributed by atoms with Gasteiger partial charge in [-0.3, -0.25) is 9.80 Å². The van der Waals surface area contributed by atoms with Gasteiger partial charge >= 0.3 is 0 Å². The maximum atomic E-state index is 8.89. The Kier molecular flexibility index (Phi) is 2.53. The van der Waals surface area contributed by atoms with Crippen LogP contribution in [0.4, 0.5) is 0 Å². The molecule has 0 amide bonds. The van der Waals surface area contributed by atoms with Crippen molar-refractivity contribution < 1.29 is 4.74 Å². The molecule has 0 aromatic heterocycles. The minimum atomic E-state index is 0.0800. The molecule has 0 spiro atoms. The molecule has 2 rings (SSSR count). The summed E-state index contributed by atoms with van der Waals surface area (Å²) in [6.45, 7) is 1.80. The van der Waals surface area contributed by atoms with Crippen LogP contribution in [0.3, 0.4) is 0 Å². The summed E-state index contributed by atoms with van der Waals surface area (Å²) in [4.78, 5) is 3.85. The van der Waals surface area contributed by atoms with E-state index in [1.165, 1.54) is 0 Å². The van der Waals surface area contributed by atoms with Gasteiger partial charge in [0.2, 0.25) is 0 Å². The smallest absolute Gasteiger partial charge is 0.185 e. The van der Waals surface area contributed by atoms with Crippen molar-refractivity contribution in [3.8, 4) is 6.19 Å². The molecule has 4 heteroatoms. The number of nitriles is 1. The molecule has 2 aliphatic rings. The van der Waals surface area contributed by atoms with Gasteiger partial charge in [0.05, 0.1) is 6.10 Å². The molecule has 0 aliphatic carbocycles. The van der Waals surface area contributed by atoms with Crippen LogP contribution in [0.15, 0.2) is 24.4 Å². The molecule has 14 heavy (non-hydrogen) atoms. The minimum Gasteiger partial charge on any atom is -0.379 e. The van der Waals surface area contributed by atoms with E-state index < -0.39 is 0 Å². The zero-order valence-electron chi connectivity index (χ0n) is 8.13. The Labute approximate surface area is 83.7 Å². The Morgan fingerprint density at radius 3 is 2.86 bits per heavy atom. The molecule has 0 aromatic carbocycles. The summed E-state index contributed by atoms with van der Waals surface area (Å²) in [5.74, 6) is 0. The Morgan fingerprint density at radius 2 is 2.21 bits per heavy atom. The lowest BCUT2D eigenvalue weighted by Gasteiger charge is -2.44. The van der Waals surface area contributed by atoms with Gasteiger partial charge in [-0.25, -0.2) is 0 Å². The molecule has 0 aromatic rings. The van der Waals surface area contributed by atoms with Crippen molar-refractivity contribution >= 4 is 0 Å². The van der Waals surface area contributed by atoms with E-state index in [1.807, 2.05) is 18.2 Å². The second-order valence-electron chi connectivity index (χ2n) is 3.46. The topological polar surface area (TPSA) is 39.5 Å². The Balaban J connectivity index is 1.95. The minimum absolute atomic E-state index is 0.0800. The Bertz CT molecular complexity index is 299. The normalized spacial score (nSPS) is 27.4. The number of methoxy groups -OCH3 is 1. The second kappa shape index (κ2) is 3.82. The van der Waals surface area contributed by atoms with Gasteiger partial charge in [-0.05, 0) is 12.2 Å². The number of rotatable bonds is 2. The number of hydrogen-bond donors (Lipinski definition) is 0. The van der Waals surface area contributed by atoms with Crippen LogP contribution in [-0.4, -0.2) is 42.3 Å². The molecule has 0 saturated carbocycles. The molecule has 0 radical (unpaired) electrons. The maximum absolute atomic E-state index is 8.89. The first kappa shape index (κ1) is 9.25. The molecule has 1 atom stereocenters. The van der Waals surface area contributed by atoms with Gasteiger partial charge in [-0.15, -0.1) is 0 Å². The van der Waals surface area contributed by atoms with Gasteiger partial charge in [-0.1, -0.05) is 6.08 Å². The third-order valence-electron chi connectivity index (χ3n) is 2.63. The molecule has 1 saturated heterocycles. The molecule has 2 aliphatic heterocycles. The largest absolute Gasteiger partial charge is 0.379 e. The highest BCUT2D eigenvalue weighted by molar-refractivity contribution is 5.16. The van der Waals surface area contributed by atoms with Gasteiger partial charge in [0.1, 0.15) is 6.17 Å². The average Bonchev–Trinajstić information content (AvgIpc) is 2.17. The van der Waals surface area contributed by atoms with Crippen LogP contribution >= 0.6 is 0 Å². The molecule has 0 bridgehead atoms. The van der Waals surface area contributed by atoms with E-state index in [-0.39, 0.29) is 6.17 Å². The maximum Gasteiger partial charge on any atom is 0.185 e. The molecule has 1 fully saturated rings. The van der Waals surface area contributed by atoms with E-state index in [2.05, 4.69) is 11.1 Å². The molecule has 4 nitrogen and oxygen atoms in total. The third-order valence-corrected chi connectivity index (χ3v) is 2.63. The predicted molar refractivity (Wildman–Crippen MR) is 51.9 cm³/mol. The molecule has 2 heterocycles. The first-order chi connectivity index (χ1) is 6.85. The van der Waals surface area contributed by atoms with Gasteiger partial charge < -0.3 is 4.74 Å². The Morgan fingerprint density at radius 1 is 1.43 bits per heavy atom. The van der Waals surface area contributed by atoms with E-state index in [0.29, 0.717) is 6.10 Å². The summed E-state index contributed by atoms with van der Waals surface area (Å²) in [5.41, 5.74) is 0. The van der Waals surface area contributed by atoms with Crippen LogP contribution in [0.1, 0.15) is 0 Å². The number of nitrogens with zero attached hydrogens (tertiary/aromatic N) is 3. The van der Waals surface area contributed by atoms with Crippen LogP contribution in [-0.2, 0) is 4.74 Å². The van der Waals surface area contributed by atoms with E-state index in [1.54, 1.807) is 18.2 Å². The third kappa shape index (κ3) is 1.52. The summed E-state index contributed by atoms with van der Waals surface area (Å²) in [7, 11) is 1.72. The van der Waals surface area contributed by atoms with Crippen LogP contribution < -0.4 is 0 Å². The van der Waals surface area contributed by atoms with Crippen molar-refractivity contribution in [2.45, 2.75) is 12.3 Å². The Hall–Kier alpha value is -1.31. The van der Waals surface area contributed by atoms with Crippen molar-refractivity contribution in [1.29, 1.82) is 5.26 Å². The fourth-order valence-corrected chi connectivity index (χ4v) is 1.71. The van der Waals surface area contributed by atoms with Crippen LogP contribution in [0.5, 0.6) is 0 Å². The summed E-state index contributed by atoms with van der Waals surface area (Å²) >= 11 is 0. The van der Waals surface area contributed by atoms with Crippen molar-refractivity contribution in [1.82, 2.24) is 9.80 Å². The highest BCUT2D eigenvalue weighted by Crippen LogP contribution is 2.20. The van der Waals surface area contributed by atoms with Gasteiger partial charge in [0.25, 0.3) is 0 Å². The lowest BCUT2D eigenvalue weighted by atomic mass is 10.1. The molecule has 0 N–H and O–H groups in total. The van der Waals surface area contributed by atoms with E-state index in [4.69, 9.17) is 10.00 Å². The summed E-state index contributed by atoms with van der Waals surface area (Å²) < 4.78 is 5.19. The first-order valence-electron chi connectivity index (χ1n) is 4.65. The molecular weight excluding hydrogens is 178 g/mol. The lowest BCUT2D eigenvalue weighted by molar-refractivity contribution is -0.0601. The lowest BCUT2D eigenvalue weighted by Crippen LogP contribution is -2.59. The highest BCUT2D eigenvalue weighted by Gasteiger charge is 2.33. The fourth-order valence-electron chi connectivity index (χ4n) is 1.71. The SMILES string of the molecule is COC1CN(C2C=CC=CN2C#N)C1. The predicted octanol–water partition coefficient (Wildman–Crippen LogP) is 0.510. The molecule has 74 valence electrons. The quantitative estimate of drug-likeness (QED) is 0.596. The standard InChI is InChI=1S/C10H13N3O/c1-14-9-6-13(7-9)10-4-2-3-5-12(10)8-11/h2-5,9-10H,6-7H2,1H3. The van der Waals surface area contributed by atoms with E-state index >= 15 is 0 Å². The number of allylic oxidation sites excluding steroid dienone is 2. The van der Waals surface area contributed by atoms with Crippen molar-refractivity contribution in [2.24, 2.45) is 0 Å². The number of hydrogen-bond acceptors (Lipinski definition) is 4. The summed E-state index contributed by atoms with van der Waals surface area (Å²) in [5, 5.41) is 8.89. The van der Waals surface area contributed by atoms with Crippen molar-refractivity contribution in [2.75, 3.05) is 20.2 Å². The van der Waals surface area contributed by atoms with E-state index in [0.717, 1.165) is 13.1 Å². The highest BCUT2D eigenvalue weighted by atomic mass is 16.5. The number of ether oxygens (including phenoxy) is 1. The summed E-state index contributed by atoms with van der Waals surface area (Å²) in [6, 6.07) is 0. The monoisotopic (exact) mass is 191 g/mol. The van der Waals surface area contributed by atoms with Gasteiger partial charge in [-0.2, -0.15) is 5.26 Å². The van der Waals surface area contributed by atoms with Crippen LogP contribution in [0, 0.1) is 11.5 Å². The zero-order valence-corrected chi connectivity index (χ0v) is 8.13. The zero-order chi connectivity index (χ0) is 9.97. The van der Waals surface area contributed by atoms with Crippen molar-refractivity contribution in [3.05, 3.63) is 24.4 Å². The summed E-state index contributed by atoms with van der Waals surface area (Å²) in [6.07, 6.45) is 10.2. The second-order valence-corrected chi connectivity index (χ2v) is 3.46. The van der Waals surface area contributed by atoms with Crippen molar-refractivity contribution in [3.63, 3.8) is 0 Å². The first-order valence-corrected chi connectivity index (χ1v) is 4.65. The fraction of sp³-hybridized carbons (Fsp3) is 0.500. The molecular formula is C10H13N3O. The van der Waals surface area contributed by atoms with Crippen LogP contribution in [0.25, 0.3) is 0 Å². The van der Waals surface area contributed by atoms with E-state index in [9.17, 15) is 0 Å². The average molecular weight is 191 g/mol. The van der Waals surface area contributed by atoms with Gasteiger partial charge in [0.15, 0.2) is 6.19 Å². The molecule has 1 unspecified atom stereocenters.